The molecule has 0 bridgehead atoms. The van der Waals surface area contributed by atoms with E-state index in [-0.39, 0.29) is 0 Å². The molecule has 0 fully saturated rings. The van der Waals surface area contributed by atoms with E-state index in [1.165, 1.54) is 51.4 Å². The van der Waals surface area contributed by atoms with E-state index in [9.17, 15) is 0 Å². The van der Waals surface area contributed by atoms with Gasteiger partial charge < -0.3 is 9.47 Å². The van der Waals surface area contributed by atoms with Crippen molar-refractivity contribution in [1.82, 2.24) is 0 Å². The van der Waals surface area contributed by atoms with Gasteiger partial charge in [-0.05, 0) is 44.5 Å². The molecule has 0 aliphatic heterocycles. The molecule has 2 nitrogen and oxygen atoms in total. The number of thiophene rings is 1. The molecule has 142 valence electrons. The van der Waals surface area contributed by atoms with Gasteiger partial charge in [-0.3, -0.25) is 0 Å². The van der Waals surface area contributed by atoms with Crippen LogP contribution >= 0.6 is 11.3 Å². The lowest BCUT2D eigenvalue weighted by atomic mass is 10.1. The number of fused-ring (bicyclic) bond motifs is 3. The van der Waals surface area contributed by atoms with Crippen molar-refractivity contribution in [2.24, 2.45) is 0 Å². The Bertz CT molecular complexity index is 988. The molecule has 0 N–H and O–H groups in total. The quantitative estimate of drug-likeness (QED) is 0.300. The highest BCUT2D eigenvalue weighted by Gasteiger charge is 2.14. The van der Waals surface area contributed by atoms with E-state index in [1.807, 2.05) is 17.4 Å². The lowest BCUT2D eigenvalue weighted by molar-refractivity contribution is 0.303. The minimum Gasteiger partial charge on any atom is -0.493 e. The van der Waals surface area contributed by atoms with Gasteiger partial charge in [0.2, 0.25) is 0 Å². The second-order valence-corrected chi connectivity index (χ2v) is 7.97. The standard InChI is InChI=1S/C24H28O2S/c1-5-7-8-9-10-16-26-22-14-12-20-19-11-13-21(25-15-6-2)17(3)23(19)27-24(20)18(22)4/h11-14H,5,7-10,16H2,1-4H3. The maximum atomic E-state index is 6.09. The summed E-state index contributed by atoms with van der Waals surface area (Å²) in [5.41, 5.74) is 2.38. The first-order chi connectivity index (χ1) is 13.2. The van der Waals surface area contributed by atoms with Crippen LogP contribution in [0.4, 0.5) is 0 Å². The van der Waals surface area contributed by atoms with Gasteiger partial charge >= 0.3 is 0 Å². The van der Waals surface area contributed by atoms with Crippen LogP contribution in [0.1, 0.15) is 57.1 Å². The van der Waals surface area contributed by atoms with E-state index in [2.05, 4.69) is 51.0 Å². The normalized spacial score (nSPS) is 10.8. The van der Waals surface area contributed by atoms with Gasteiger partial charge in [0.1, 0.15) is 17.6 Å². The Labute approximate surface area is 166 Å². The van der Waals surface area contributed by atoms with Crippen LogP contribution in [0.5, 0.6) is 11.5 Å². The number of unbranched alkanes of at least 4 members (excludes halogenated alkanes) is 4. The third-order valence-electron chi connectivity index (χ3n) is 4.98. The van der Waals surface area contributed by atoms with Crippen molar-refractivity contribution in [1.29, 1.82) is 0 Å². The van der Waals surface area contributed by atoms with Crippen molar-refractivity contribution in [3.05, 3.63) is 35.4 Å². The van der Waals surface area contributed by atoms with Gasteiger partial charge in [-0.25, -0.2) is 0 Å². The van der Waals surface area contributed by atoms with Gasteiger partial charge in [0, 0.05) is 38.2 Å². The Balaban J connectivity index is 1.85. The van der Waals surface area contributed by atoms with Gasteiger partial charge in [-0.15, -0.1) is 11.3 Å². The first-order valence-electron chi connectivity index (χ1n) is 9.84. The average Bonchev–Trinajstić information content (AvgIpc) is 3.06. The fourth-order valence-electron chi connectivity index (χ4n) is 3.40. The van der Waals surface area contributed by atoms with E-state index < -0.39 is 0 Å². The maximum Gasteiger partial charge on any atom is 0.144 e. The average molecular weight is 381 g/mol. The fourth-order valence-corrected chi connectivity index (χ4v) is 4.68. The van der Waals surface area contributed by atoms with Crippen LogP contribution in [0.3, 0.4) is 0 Å². The molecule has 3 rings (SSSR count). The molecule has 1 aromatic heterocycles. The molecule has 0 saturated carbocycles. The van der Waals surface area contributed by atoms with E-state index in [4.69, 9.17) is 9.47 Å². The number of rotatable bonds is 8. The number of ether oxygens (including phenoxy) is 2. The number of hydrogen-bond acceptors (Lipinski definition) is 3. The molecule has 0 atom stereocenters. The van der Waals surface area contributed by atoms with Crippen LogP contribution < -0.4 is 9.47 Å². The summed E-state index contributed by atoms with van der Waals surface area (Å²) >= 11 is 1.82. The first-order valence-corrected chi connectivity index (χ1v) is 10.7. The van der Waals surface area contributed by atoms with Crippen LogP contribution in [0.25, 0.3) is 20.2 Å². The second kappa shape index (κ2) is 9.15. The lowest BCUT2D eigenvalue weighted by Gasteiger charge is -2.09. The predicted octanol–water partition coefficient (Wildman–Crippen LogP) is 7.38. The molecule has 0 aliphatic carbocycles. The summed E-state index contributed by atoms with van der Waals surface area (Å²) in [6.07, 6.45) is 8.98. The first kappa shape index (κ1) is 19.6. The third kappa shape index (κ3) is 4.22. The number of benzene rings is 2. The van der Waals surface area contributed by atoms with Crippen LogP contribution in [0.15, 0.2) is 24.3 Å². The van der Waals surface area contributed by atoms with E-state index in [0.717, 1.165) is 30.1 Å². The third-order valence-corrected chi connectivity index (χ3v) is 6.44. The Morgan fingerprint density at radius 1 is 0.852 bits per heavy atom. The Morgan fingerprint density at radius 2 is 1.48 bits per heavy atom. The van der Waals surface area contributed by atoms with E-state index >= 15 is 0 Å². The molecular formula is C24H28O2S. The predicted molar refractivity (Wildman–Crippen MR) is 117 cm³/mol. The summed E-state index contributed by atoms with van der Waals surface area (Å²) in [6, 6.07) is 8.48. The zero-order valence-corrected chi connectivity index (χ0v) is 17.6. The molecule has 3 aromatic rings. The molecular weight excluding hydrogens is 352 g/mol. The molecule has 0 saturated heterocycles. The lowest BCUT2D eigenvalue weighted by Crippen LogP contribution is -1.98. The van der Waals surface area contributed by atoms with Crippen molar-refractivity contribution in [3.8, 4) is 23.5 Å². The molecule has 0 spiro atoms. The number of aryl methyl sites for hydroxylation is 2. The smallest absolute Gasteiger partial charge is 0.144 e. The van der Waals surface area contributed by atoms with Gasteiger partial charge in [0.25, 0.3) is 0 Å². The zero-order chi connectivity index (χ0) is 19.2. The van der Waals surface area contributed by atoms with Crippen molar-refractivity contribution < 1.29 is 9.47 Å². The summed E-state index contributed by atoms with van der Waals surface area (Å²) in [4.78, 5) is 0. The molecule has 1 heterocycles. The van der Waals surface area contributed by atoms with E-state index in [0.29, 0.717) is 0 Å². The molecule has 0 unspecified atom stereocenters. The molecule has 0 radical (unpaired) electrons. The summed E-state index contributed by atoms with van der Waals surface area (Å²) in [5.74, 6) is 4.63. The van der Waals surface area contributed by atoms with Crippen LogP contribution in [-0.2, 0) is 0 Å². The van der Waals surface area contributed by atoms with Crippen molar-refractivity contribution >= 4 is 31.5 Å². The summed E-state index contributed by atoms with van der Waals surface area (Å²) in [6.45, 7) is 9.09. The topological polar surface area (TPSA) is 18.5 Å². The highest BCUT2D eigenvalue weighted by Crippen LogP contribution is 2.42. The number of hydrogen-bond donors (Lipinski definition) is 0. The maximum absolute atomic E-state index is 6.09. The minimum absolute atomic E-state index is 0.799. The van der Waals surface area contributed by atoms with Crippen LogP contribution in [0, 0.1) is 25.9 Å². The molecule has 0 aliphatic rings. The Kier molecular flexibility index (Phi) is 6.63. The summed E-state index contributed by atoms with van der Waals surface area (Å²) in [7, 11) is 0. The summed E-state index contributed by atoms with van der Waals surface area (Å²) in [5, 5.41) is 2.57. The molecule has 27 heavy (non-hydrogen) atoms. The van der Waals surface area contributed by atoms with Crippen molar-refractivity contribution in [2.45, 2.75) is 59.8 Å². The van der Waals surface area contributed by atoms with Gasteiger partial charge in [-0.1, -0.05) is 38.5 Å². The minimum atomic E-state index is 0.799. The SMILES string of the molecule is CC#COc1ccc2c(sc3c(C)c(OCCCCCCC)ccc32)c1C. The van der Waals surface area contributed by atoms with Crippen LogP contribution in [0.2, 0.25) is 0 Å². The van der Waals surface area contributed by atoms with Gasteiger partial charge in [0.15, 0.2) is 0 Å². The van der Waals surface area contributed by atoms with Gasteiger partial charge in [-0.2, -0.15) is 0 Å². The fraction of sp³-hybridized carbons (Fsp3) is 0.417. The zero-order valence-electron chi connectivity index (χ0n) is 16.8. The Hall–Kier alpha value is -2.18. The largest absolute Gasteiger partial charge is 0.493 e. The van der Waals surface area contributed by atoms with E-state index in [1.54, 1.807) is 6.92 Å². The molecule has 3 heteroatoms. The molecule has 2 aromatic carbocycles. The highest BCUT2D eigenvalue weighted by molar-refractivity contribution is 7.26. The monoisotopic (exact) mass is 380 g/mol. The highest BCUT2D eigenvalue weighted by atomic mass is 32.1. The molecule has 0 amide bonds. The van der Waals surface area contributed by atoms with Gasteiger partial charge in [0.05, 0.1) is 6.61 Å². The van der Waals surface area contributed by atoms with Crippen molar-refractivity contribution in [3.63, 3.8) is 0 Å². The summed E-state index contributed by atoms with van der Waals surface area (Å²) < 4.78 is 14.2. The van der Waals surface area contributed by atoms with Crippen molar-refractivity contribution in [2.75, 3.05) is 6.61 Å². The Morgan fingerprint density at radius 3 is 2.15 bits per heavy atom. The van der Waals surface area contributed by atoms with Crippen LogP contribution in [-0.4, -0.2) is 6.61 Å². The second-order valence-electron chi connectivity index (χ2n) is 6.95.